The fourth-order valence-corrected chi connectivity index (χ4v) is 14.0. The van der Waals surface area contributed by atoms with Crippen LogP contribution in [0.4, 0.5) is 17.1 Å². The summed E-state index contributed by atoms with van der Waals surface area (Å²) >= 11 is 0. The monoisotopic (exact) mass is 1180 g/mol. The lowest BCUT2D eigenvalue weighted by molar-refractivity contribution is 0.488. The van der Waals surface area contributed by atoms with E-state index in [1.165, 1.54) is 22.3 Å². The first-order valence-electron chi connectivity index (χ1n) is 36.8. The summed E-state index contributed by atoms with van der Waals surface area (Å²) in [7, 11) is 0. The lowest BCUT2D eigenvalue weighted by Crippen LogP contribution is -2.59. The standard InChI is InChI=1S/C87H84BNO/c1-82(2,3)63-40-43-75(71(54-63)55-28-19-16-20-29-55)89-76-48-57(68-35-27-36-70-69-34-25-26-37-72(69)87(80(68)70,61-30-21-17-22-31-61)62-32-23-18-24-33-62)39-41-73(76)88-74-42-38-56(58-44-64(83(4,5)6)52-65(45-58)84(7,8)9)50-78(74)90-79-51-60(49-77(89)81(79)88)59-46-66(85(10,11)12)53-67(47-59)86(13,14)15/h16-54H,1-15H3/i17D,18D,21D,22D,23D,24D,30D,31D,32D,33D. The molecule has 0 bridgehead atoms. The lowest BCUT2D eigenvalue weighted by atomic mass is 9.34. The number of benzene rings is 11. The Morgan fingerprint density at radius 3 is 1.42 bits per heavy atom. The van der Waals surface area contributed by atoms with Crippen LogP contribution in [0, 0.1) is 0 Å². The predicted molar refractivity (Wildman–Crippen MR) is 385 cm³/mol. The highest BCUT2D eigenvalue weighted by Gasteiger charge is 2.49. The van der Waals surface area contributed by atoms with Gasteiger partial charge in [-0.3, -0.25) is 0 Å². The maximum Gasteiger partial charge on any atom is 0.256 e. The molecule has 2 aliphatic heterocycles. The van der Waals surface area contributed by atoms with Gasteiger partial charge in [0.05, 0.1) is 24.8 Å². The van der Waals surface area contributed by atoms with Gasteiger partial charge >= 0.3 is 0 Å². The Morgan fingerprint density at radius 2 is 0.833 bits per heavy atom. The average Bonchev–Trinajstić information content (AvgIpc) is 1.42. The zero-order valence-corrected chi connectivity index (χ0v) is 54.7. The number of hydrogen-bond acceptors (Lipinski definition) is 2. The van der Waals surface area contributed by atoms with E-state index >= 15 is 0 Å². The average molecular weight is 1180 g/mol. The quantitative estimate of drug-likeness (QED) is 0.148. The number of hydrogen-bond donors (Lipinski definition) is 0. The highest BCUT2D eigenvalue weighted by atomic mass is 16.5. The first-order valence-corrected chi connectivity index (χ1v) is 31.8. The minimum absolute atomic E-state index is 0.126. The molecular weight excluding hydrogens is 1090 g/mol. The predicted octanol–water partition coefficient (Wildman–Crippen LogP) is 21.6. The van der Waals surface area contributed by atoms with Crippen LogP contribution in [0.2, 0.25) is 0 Å². The van der Waals surface area contributed by atoms with Gasteiger partial charge in [-0.2, -0.15) is 0 Å². The van der Waals surface area contributed by atoms with E-state index in [4.69, 9.17) is 7.48 Å². The van der Waals surface area contributed by atoms with Crippen LogP contribution in [-0.2, 0) is 32.5 Å². The van der Waals surface area contributed by atoms with Crippen LogP contribution >= 0.6 is 0 Å². The van der Waals surface area contributed by atoms with Gasteiger partial charge in [-0.15, -0.1) is 0 Å². The zero-order chi connectivity index (χ0) is 71.7. The van der Waals surface area contributed by atoms with E-state index in [-0.39, 0.29) is 38.2 Å². The van der Waals surface area contributed by atoms with Crippen molar-refractivity contribution in [2.45, 2.75) is 136 Å². The lowest BCUT2D eigenvalue weighted by Gasteiger charge is -2.42. The number of anilines is 3. The molecule has 0 radical (unpaired) electrons. The van der Waals surface area contributed by atoms with Crippen molar-refractivity contribution in [1.29, 1.82) is 0 Å². The number of rotatable bonds is 7. The van der Waals surface area contributed by atoms with Crippen molar-refractivity contribution in [3.8, 4) is 67.1 Å². The zero-order valence-electron chi connectivity index (χ0n) is 64.7. The van der Waals surface area contributed by atoms with E-state index in [1.807, 2.05) is 36.4 Å². The Kier molecular flexibility index (Phi) is 11.3. The Morgan fingerprint density at radius 1 is 0.344 bits per heavy atom. The highest BCUT2D eigenvalue weighted by molar-refractivity contribution is 6.99. The molecule has 446 valence electrons. The largest absolute Gasteiger partial charge is 0.458 e. The molecule has 11 aromatic rings. The van der Waals surface area contributed by atoms with Gasteiger partial charge in [0, 0.05) is 16.9 Å². The van der Waals surface area contributed by atoms with E-state index < -0.39 is 72.6 Å². The highest BCUT2D eigenvalue weighted by Crippen LogP contribution is 2.59. The Balaban J connectivity index is 1.13. The van der Waals surface area contributed by atoms with Gasteiger partial charge in [0.1, 0.15) is 11.5 Å². The normalized spacial score (nSPS) is 15.6. The van der Waals surface area contributed by atoms with Crippen molar-refractivity contribution in [2.75, 3.05) is 4.90 Å². The van der Waals surface area contributed by atoms with E-state index in [0.717, 1.165) is 83.9 Å². The van der Waals surface area contributed by atoms with Gasteiger partial charge in [-0.05, 0) is 180 Å². The second kappa shape index (κ2) is 21.1. The fourth-order valence-electron chi connectivity index (χ4n) is 14.0. The summed E-state index contributed by atoms with van der Waals surface area (Å²) in [4.78, 5) is 2.40. The van der Waals surface area contributed by atoms with Gasteiger partial charge in [0.2, 0.25) is 0 Å². The van der Waals surface area contributed by atoms with Crippen LogP contribution in [-0.4, -0.2) is 6.71 Å². The Bertz CT molecular complexity index is 5080. The van der Waals surface area contributed by atoms with Crippen molar-refractivity contribution < 1.29 is 18.4 Å². The van der Waals surface area contributed by atoms with Crippen molar-refractivity contribution in [2.24, 2.45) is 0 Å². The molecule has 90 heavy (non-hydrogen) atoms. The summed E-state index contributed by atoms with van der Waals surface area (Å²) in [6.07, 6.45) is 0. The van der Waals surface area contributed by atoms with Crippen LogP contribution in [0.5, 0.6) is 11.5 Å². The van der Waals surface area contributed by atoms with Crippen molar-refractivity contribution >= 4 is 40.2 Å². The van der Waals surface area contributed by atoms with Gasteiger partial charge in [0.25, 0.3) is 6.71 Å². The molecule has 0 N–H and O–H groups in total. The molecule has 2 nitrogen and oxygen atoms in total. The first kappa shape index (κ1) is 48.0. The molecular formula is C87H84BNO. The second-order valence-corrected chi connectivity index (χ2v) is 30.3. The minimum atomic E-state index is -2.09. The third kappa shape index (κ3) is 9.87. The molecule has 2 heterocycles. The van der Waals surface area contributed by atoms with E-state index in [9.17, 15) is 11.0 Å². The van der Waals surface area contributed by atoms with Crippen LogP contribution < -0.4 is 26.0 Å². The molecule has 3 heteroatoms. The molecule has 1 aliphatic carbocycles. The number of ether oxygens (including phenoxy) is 1. The first-order chi connectivity index (χ1) is 46.9. The van der Waals surface area contributed by atoms with Gasteiger partial charge in [0.15, 0.2) is 0 Å². The molecule has 0 fully saturated rings. The summed E-state index contributed by atoms with van der Waals surface area (Å²) in [5.74, 6) is 1.46. The van der Waals surface area contributed by atoms with E-state index in [2.05, 4.69) is 236 Å². The van der Waals surface area contributed by atoms with E-state index in [0.29, 0.717) is 33.4 Å². The minimum Gasteiger partial charge on any atom is -0.458 e. The third-order valence-corrected chi connectivity index (χ3v) is 19.1. The SMILES string of the molecule is [2H]c1c([2H])c([2H])c(C2(c3c([2H])c([2H])c([2H])c([2H])c3[2H])c3ccccc3-c3cccc(-c4ccc5c(c4)N(c4ccc(C(C)(C)C)cc4-c4ccccc4)c4cc(-c6cc(C(C)(C)C)cc(C(C)(C)C)c6)cc6c4B5c4ccc(-c5cc(C(C)(C)C)cc(C(C)(C)C)c5)cc4O6)c32)c([2H])c1[2H]. The van der Waals surface area contributed by atoms with Crippen LogP contribution in [0.1, 0.15) is 168 Å². The second-order valence-electron chi connectivity index (χ2n) is 30.3. The van der Waals surface area contributed by atoms with Crippen LogP contribution in [0.15, 0.2) is 236 Å². The Labute approximate surface area is 550 Å². The van der Waals surface area contributed by atoms with Crippen molar-refractivity contribution in [3.63, 3.8) is 0 Å². The Hall–Kier alpha value is -8.92. The summed E-state index contributed by atoms with van der Waals surface area (Å²) in [5, 5.41) is 0. The van der Waals surface area contributed by atoms with Crippen molar-refractivity contribution in [3.05, 3.63) is 286 Å². The van der Waals surface area contributed by atoms with Gasteiger partial charge < -0.3 is 9.64 Å². The smallest absolute Gasteiger partial charge is 0.256 e. The molecule has 0 unspecified atom stereocenters. The molecule has 0 amide bonds. The van der Waals surface area contributed by atoms with E-state index in [1.54, 1.807) is 12.1 Å². The molecule has 3 aliphatic rings. The maximum absolute atomic E-state index is 9.96. The van der Waals surface area contributed by atoms with Gasteiger partial charge in [-0.25, -0.2) is 0 Å². The molecule has 0 atom stereocenters. The van der Waals surface area contributed by atoms with Crippen LogP contribution in [0.25, 0.3) is 55.6 Å². The summed E-state index contributed by atoms with van der Waals surface area (Å²) in [5.41, 5.74) is 17.7. The summed E-state index contributed by atoms with van der Waals surface area (Å²) in [6.45, 7) is 33.5. The third-order valence-electron chi connectivity index (χ3n) is 19.1. The molecule has 11 aromatic carbocycles. The van der Waals surface area contributed by atoms with Crippen LogP contribution in [0.3, 0.4) is 0 Å². The number of nitrogens with zero attached hydrogens (tertiary/aromatic N) is 1. The molecule has 0 saturated heterocycles. The number of fused-ring (bicyclic) bond motifs is 7. The fraction of sp³-hybridized carbons (Fsp3) is 0.241. The molecule has 0 aromatic heterocycles. The molecule has 14 rings (SSSR count). The summed E-state index contributed by atoms with van der Waals surface area (Å²) < 4.78 is 103. The summed E-state index contributed by atoms with van der Waals surface area (Å²) in [6, 6.07) is 56.4. The maximum atomic E-state index is 9.96. The molecule has 0 spiro atoms. The topological polar surface area (TPSA) is 12.5 Å². The van der Waals surface area contributed by atoms with Gasteiger partial charge in [-0.1, -0.05) is 304 Å². The molecule has 0 saturated carbocycles. The van der Waals surface area contributed by atoms with Crippen molar-refractivity contribution in [1.82, 2.24) is 0 Å².